The zero-order valence-electron chi connectivity index (χ0n) is 19.8. The zero-order chi connectivity index (χ0) is 25.1. The molecule has 4 aromatic rings. The number of nitrogens with zero attached hydrogens (tertiary/aromatic N) is 5. The first kappa shape index (κ1) is 23.8. The van der Waals surface area contributed by atoms with Crippen LogP contribution < -0.4 is 15.4 Å². The summed E-state index contributed by atoms with van der Waals surface area (Å²) in [5.74, 6) is 0.519. The van der Waals surface area contributed by atoms with E-state index in [4.69, 9.17) is 16.3 Å². The number of nitrogens with one attached hydrogen (secondary N) is 2. The summed E-state index contributed by atoms with van der Waals surface area (Å²) in [6, 6.07) is 6.87. The monoisotopic (exact) mass is 507 g/mol. The quantitative estimate of drug-likeness (QED) is 0.374. The molecule has 1 aliphatic carbocycles. The predicted molar refractivity (Wildman–Crippen MR) is 135 cm³/mol. The van der Waals surface area contributed by atoms with Gasteiger partial charge in [0.1, 0.15) is 23.6 Å². The molecule has 1 aromatic carbocycles. The fourth-order valence-electron chi connectivity index (χ4n) is 4.51. The van der Waals surface area contributed by atoms with Crippen LogP contribution in [0.5, 0.6) is 5.75 Å². The first-order valence-electron chi connectivity index (χ1n) is 11.8. The number of anilines is 1. The zero-order valence-corrected chi connectivity index (χ0v) is 20.5. The Bertz CT molecular complexity index is 1410. The molecule has 2 amide bonds. The number of rotatable bonds is 8. The van der Waals surface area contributed by atoms with Gasteiger partial charge in [-0.2, -0.15) is 10.2 Å². The van der Waals surface area contributed by atoms with Crippen molar-refractivity contribution in [1.82, 2.24) is 29.7 Å². The second kappa shape index (κ2) is 10.4. The third-order valence-electron chi connectivity index (χ3n) is 6.32. The first-order valence-corrected chi connectivity index (χ1v) is 12.2. The summed E-state index contributed by atoms with van der Waals surface area (Å²) in [6.07, 6.45) is 11.1. The molecule has 0 unspecified atom stereocenters. The van der Waals surface area contributed by atoms with E-state index in [1.807, 2.05) is 0 Å². The van der Waals surface area contributed by atoms with Crippen LogP contribution in [0.2, 0.25) is 5.02 Å². The SMILES string of the molecule is COc1ccc(Cl)cc1-c1nn(CC(=O)NCC2CCCC2)cc1NC(=O)c1cnn2cccnc12. The fraction of sp³-hybridized carbons (Fsp3) is 0.320. The normalized spacial score (nSPS) is 13.7. The molecule has 0 saturated heterocycles. The number of carbonyl (C=O) groups is 2. The number of fused-ring (bicyclic) bond motifs is 1. The van der Waals surface area contributed by atoms with Gasteiger partial charge in [-0.3, -0.25) is 14.3 Å². The van der Waals surface area contributed by atoms with Gasteiger partial charge in [-0.15, -0.1) is 0 Å². The molecule has 36 heavy (non-hydrogen) atoms. The molecule has 3 aromatic heterocycles. The topological polar surface area (TPSA) is 115 Å². The Morgan fingerprint density at radius 1 is 1.25 bits per heavy atom. The predicted octanol–water partition coefficient (Wildman–Crippen LogP) is 3.81. The lowest BCUT2D eigenvalue weighted by Gasteiger charge is -2.10. The third kappa shape index (κ3) is 5.03. The molecule has 3 heterocycles. The van der Waals surface area contributed by atoms with Gasteiger partial charge in [-0.05, 0) is 43.0 Å². The Balaban J connectivity index is 1.43. The van der Waals surface area contributed by atoms with Gasteiger partial charge in [0.15, 0.2) is 5.65 Å². The molecule has 1 aliphatic rings. The molecule has 1 saturated carbocycles. The summed E-state index contributed by atoms with van der Waals surface area (Å²) >= 11 is 6.26. The number of carbonyl (C=O) groups excluding carboxylic acids is 2. The minimum atomic E-state index is -0.406. The average Bonchev–Trinajstić information content (AvgIpc) is 3.63. The largest absolute Gasteiger partial charge is 0.496 e. The highest BCUT2D eigenvalue weighted by atomic mass is 35.5. The van der Waals surface area contributed by atoms with Gasteiger partial charge >= 0.3 is 0 Å². The number of methoxy groups -OCH3 is 1. The van der Waals surface area contributed by atoms with Crippen molar-refractivity contribution in [3.8, 4) is 17.0 Å². The molecular weight excluding hydrogens is 482 g/mol. The lowest BCUT2D eigenvalue weighted by atomic mass is 10.1. The Kier molecular flexibility index (Phi) is 6.86. The fourth-order valence-corrected chi connectivity index (χ4v) is 4.68. The summed E-state index contributed by atoms with van der Waals surface area (Å²) in [7, 11) is 1.54. The summed E-state index contributed by atoms with van der Waals surface area (Å²) in [4.78, 5) is 30.1. The summed E-state index contributed by atoms with van der Waals surface area (Å²) in [5, 5.41) is 15.2. The Morgan fingerprint density at radius 3 is 2.89 bits per heavy atom. The number of hydrogen-bond donors (Lipinski definition) is 2. The molecule has 10 nitrogen and oxygen atoms in total. The Morgan fingerprint density at radius 2 is 2.08 bits per heavy atom. The van der Waals surface area contributed by atoms with E-state index in [9.17, 15) is 9.59 Å². The van der Waals surface area contributed by atoms with Gasteiger partial charge in [0, 0.05) is 35.7 Å². The first-order chi connectivity index (χ1) is 17.5. The van der Waals surface area contributed by atoms with Crippen molar-refractivity contribution in [1.29, 1.82) is 0 Å². The highest BCUT2D eigenvalue weighted by molar-refractivity contribution is 6.31. The second-order valence-electron chi connectivity index (χ2n) is 8.79. The maximum absolute atomic E-state index is 13.2. The second-order valence-corrected chi connectivity index (χ2v) is 9.22. The molecule has 1 fully saturated rings. The van der Waals surface area contributed by atoms with E-state index >= 15 is 0 Å². The smallest absolute Gasteiger partial charge is 0.261 e. The van der Waals surface area contributed by atoms with E-state index in [1.54, 1.807) is 50.0 Å². The van der Waals surface area contributed by atoms with Crippen LogP contribution in [-0.2, 0) is 11.3 Å². The van der Waals surface area contributed by atoms with Crippen molar-refractivity contribution in [3.05, 3.63) is 59.6 Å². The Hall–Kier alpha value is -3.92. The number of aromatic nitrogens is 5. The summed E-state index contributed by atoms with van der Waals surface area (Å²) in [6.45, 7) is 0.678. The third-order valence-corrected chi connectivity index (χ3v) is 6.55. The van der Waals surface area contributed by atoms with Crippen LogP contribution in [0.25, 0.3) is 16.9 Å². The van der Waals surface area contributed by atoms with Gasteiger partial charge < -0.3 is 15.4 Å². The standard InChI is InChI=1S/C25H26ClN7O3/c1-36-21-8-7-17(26)11-18(21)23-20(30-25(35)19-13-29-33-10-4-9-27-24(19)33)14-32(31-23)15-22(34)28-12-16-5-2-3-6-16/h4,7-11,13-14,16H,2-3,5-6,12,15H2,1H3,(H,28,34)(H,30,35). The van der Waals surface area contributed by atoms with E-state index < -0.39 is 5.91 Å². The van der Waals surface area contributed by atoms with E-state index in [-0.39, 0.29) is 12.5 Å². The van der Waals surface area contributed by atoms with E-state index in [0.29, 0.717) is 51.4 Å². The maximum Gasteiger partial charge on any atom is 0.261 e. The van der Waals surface area contributed by atoms with Gasteiger partial charge in [-0.1, -0.05) is 24.4 Å². The van der Waals surface area contributed by atoms with Crippen LogP contribution in [0.15, 0.2) is 49.1 Å². The minimum Gasteiger partial charge on any atom is -0.496 e. The van der Waals surface area contributed by atoms with Crippen LogP contribution in [0.3, 0.4) is 0 Å². The van der Waals surface area contributed by atoms with Crippen molar-refractivity contribution in [3.63, 3.8) is 0 Å². The highest BCUT2D eigenvalue weighted by Crippen LogP contribution is 2.36. The van der Waals surface area contributed by atoms with Crippen LogP contribution in [-0.4, -0.2) is 49.8 Å². The molecular formula is C25H26ClN7O3. The van der Waals surface area contributed by atoms with Crippen molar-refractivity contribution in [2.75, 3.05) is 19.0 Å². The van der Waals surface area contributed by atoms with Crippen LogP contribution >= 0.6 is 11.6 Å². The van der Waals surface area contributed by atoms with Gasteiger partial charge in [-0.25, -0.2) is 9.50 Å². The number of ether oxygens (including phenoxy) is 1. The summed E-state index contributed by atoms with van der Waals surface area (Å²) < 4.78 is 8.53. The lowest BCUT2D eigenvalue weighted by molar-refractivity contribution is -0.122. The van der Waals surface area contributed by atoms with Gasteiger partial charge in [0.05, 0.1) is 19.0 Å². The van der Waals surface area contributed by atoms with Gasteiger partial charge in [0.25, 0.3) is 5.91 Å². The molecule has 0 bridgehead atoms. The minimum absolute atomic E-state index is 0.0107. The number of benzene rings is 1. The summed E-state index contributed by atoms with van der Waals surface area (Å²) in [5.41, 5.74) is 2.15. The van der Waals surface area contributed by atoms with Crippen LogP contribution in [0, 0.1) is 5.92 Å². The van der Waals surface area contributed by atoms with E-state index in [1.165, 1.54) is 28.2 Å². The maximum atomic E-state index is 13.2. The Labute approximate surface area is 212 Å². The van der Waals surface area contributed by atoms with Crippen molar-refractivity contribution >= 4 is 34.7 Å². The van der Waals surface area contributed by atoms with Gasteiger partial charge in [0.2, 0.25) is 5.91 Å². The molecule has 11 heteroatoms. The molecule has 0 atom stereocenters. The molecule has 5 rings (SSSR count). The average molecular weight is 508 g/mol. The van der Waals surface area contributed by atoms with Crippen molar-refractivity contribution < 1.29 is 14.3 Å². The molecule has 0 radical (unpaired) electrons. The number of hydrogen-bond acceptors (Lipinski definition) is 6. The van der Waals surface area contributed by atoms with E-state index in [0.717, 1.165) is 12.8 Å². The highest BCUT2D eigenvalue weighted by Gasteiger charge is 2.22. The number of amides is 2. The van der Waals surface area contributed by atoms with Crippen LogP contribution in [0.1, 0.15) is 36.0 Å². The lowest BCUT2D eigenvalue weighted by Crippen LogP contribution is -2.31. The molecule has 0 spiro atoms. The molecule has 186 valence electrons. The molecule has 2 N–H and O–H groups in total. The van der Waals surface area contributed by atoms with Crippen molar-refractivity contribution in [2.24, 2.45) is 5.92 Å². The van der Waals surface area contributed by atoms with E-state index in [2.05, 4.69) is 25.8 Å². The van der Waals surface area contributed by atoms with Crippen LogP contribution in [0.4, 0.5) is 5.69 Å². The number of halogens is 1. The molecule has 0 aliphatic heterocycles. The van der Waals surface area contributed by atoms with Crippen molar-refractivity contribution in [2.45, 2.75) is 32.2 Å².